The van der Waals surface area contributed by atoms with Gasteiger partial charge >= 0.3 is 0 Å². The molecule has 3 amide bonds. The number of nitrogens with zero attached hydrogens (tertiary/aromatic N) is 1. The van der Waals surface area contributed by atoms with Gasteiger partial charge in [-0.1, -0.05) is 54.6 Å². The minimum atomic E-state index is -2.58. The van der Waals surface area contributed by atoms with Crippen molar-refractivity contribution in [1.82, 2.24) is 16.0 Å². The SMILES string of the molecule is CSc1ccc2c(c1)SC[C@@H](NC(=O)CC(C)(C)NC[C@H](O)CO)C(=O)N2Cc1ccc(C2=CC=CC(=S(=O)=O)C2NC(=O)c2ccccc2)cc1. The van der Waals surface area contributed by atoms with Crippen molar-refractivity contribution in [2.45, 2.75) is 60.3 Å². The van der Waals surface area contributed by atoms with Crippen LogP contribution >= 0.6 is 23.5 Å². The fraction of sp³-hybridized carbons (Fsp3) is 0.316. The fourth-order valence-electron chi connectivity index (χ4n) is 5.89. The molecule has 0 saturated heterocycles. The van der Waals surface area contributed by atoms with Crippen molar-refractivity contribution in [3.05, 3.63) is 108 Å². The van der Waals surface area contributed by atoms with Crippen molar-refractivity contribution in [1.29, 1.82) is 0 Å². The number of thioether (sulfide) groups is 2. The fourth-order valence-corrected chi connectivity index (χ4v) is 8.08. The first-order chi connectivity index (χ1) is 24.9. The Bertz CT molecular complexity index is 1990. The number of benzene rings is 3. The molecule has 1 aliphatic carbocycles. The van der Waals surface area contributed by atoms with Gasteiger partial charge < -0.3 is 31.1 Å². The lowest BCUT2D eigenvalue weighted by Gasteiger charge is -2.29. The minimum absolute atomic E-state index is 0.0368. The molecule has 3 aromatic carbocycles. The number of carbonyl (C=O) groups is 3. The van der Waals surface area contributed by atoms with Gasteiger partial charge in [0.15, 0.2) is 0 Å². The molecule has 0 spiro atoms. The van der Waals surface area contributed by atoms with E-state index in [4.69, 9.17) is 5.11 Å². The quantitative estimate of drug-likeness (QED) is 0.129. The van der Waals surface area contributed by atoms with Crippen molar-refractivity contribution < 1.29 is 33.0 Å². The maximum atomic E-state index is 14.2. The van der Waals surface area contributed by atoms with Crippen LogP contribution in [0.5, 0.6) is 0 Å². The molecular weight excluding hydrogens is 721 g/mol. The van der Waals surface area contributed by atoms with Crippen LogP contribution in [0.25, 0.3) is 5.57 Å². The number of nitrogens with one attached hydrogen (secondary N) is 3. The molecule has 274 valence electrons. The molecule has 0 aromatic heterocycles. The Hall–Kier alpha value is -4.18. The van der Waals surface area contributed by atoms with E-state index < -0.39 is 46.5 Å². The third-order valence-electron chi connectivity index (χ3n) is 8.66. The summed E-state index contributed by atoms with van der Waals surface area (Å²) in [5, 5.41) is 27.8. The zero-order chi connectivity index (χ0) is 37.4. The summed E-state index contributed by atoms with van der Waals surface area (Å²) in [7, 11) is -2.58. The standard InChI is InChI=1S/C38H42N4O7S3/c1-38(2,39-20-27(44)22-43)19-34(45)40-30-23-51-32-18-28(50-3)16-17-31(32)42(37(30)47)21-24-12-14-25(15-13-24)29-10-7-11-33(52(48)49)35(29)41-36(46)26-8-5-4-6-9-26/h4-18,27,30,35,39,43-44H,19-23H2,1-3H3,(H,40,45)(H,41,46)/t27-,30+,35?/m0/s1. The van der Waals surface area contributed by atoms with Crippen LogP contribution in [-0.2, 0) is 26.4 Å². The Balaban J connectivity index is 1.37. The normalized spacial score (nSPS) is 17.9. The van der Waals surface area contributed by atoms with Gasteiger partial charge in [0.05, 0.1) is 35.8 Å². The summed E-state index contributed by atoms with van der Waals surface area (Å²) < 4.78 is 24.4. The van der Waals surface area contributed by atoms with Crippen molar-refractivity contribution in [2.75, 3.05) is 30.1 Å². The molecule has 1 unspecified atom stereocenters. The lowest BCUT2D eigenvalue weighted by atomic mass is 9.91. The van der Waals surface area contributed by atoms with E-state index in [-0.39, 0.29) is 36.2 Å². The average molecular weight is 763 g/mol. The van der Waals surface area contributed by atoms with E-state index >= 15 is 0 Å². The van der Waals surface area contributed by atoms with E-state index in [0.29, 0.717) is 22.5 Å². The molecule has 11 nitrogen and oxygen atoms in total. The van der Waals surface area contributed by atoms with Crippen LogP contribution in [0, 0.1) is 0 Å². The number of hydrogen-bond acceptors (Lipinski definition) is 10. The van der Waals surface area contributed by atoms with E-state index in [2.05, 4.69) is 16.0 Å². The summed E-state index contributed by atoms with van der Waals surface area (Å²) in [4.78, 5) is 44.2. The minimum Gasteiger partial charge on any atom is -0.394 e. The number of rotatable bonds is 13. The van der Waals surface area contributed by atoms with Crippen LogP contribution in [0.3, 0.4) is 0 Å². The largest absolute Gasteiger partial charge is 0.394 e. The van der Waals surface area contributed by atoms with Crippen molar-refractivity contribution in [2.24, 2.45) is 0 Å². The number of aliphatic hydroxyl groups excluding tert-OH is 2. The Labute approximate surface area is 313 Å². The van der Waals surface area contributed by atoms with E-state index in [9.17, 15) is 27.9 Å². The van der Waals surface area contributed by atoms with Crippen LogP contribution in [0.1, 0.15) is 41.8 Å². The number of amides is 3. The predicted molar refractivity (Wildman–Crippen MR) is 207 cm³/mol. The molecule has 3 aromatic rings. The van der Waals surface area contributed by atoms with Gasteiger partial charge in [0.25, 0.3) is 11.8 Å². The first-order valence-corrected chi connectivity index (χ1v) is 19.9. The highest BCUT2D eigenvalue weighted by Crippen LogP contribution is 2.38. The molecule has 52 heavy (non-hydrogen) atoms. The van der Waals surface area contributed by atoms with E-state index in [0.717, 1.165) is 21.0 Å². The molecule has 2 aliphatic rings. The molecule has 1 heterocycles. The number of fused-ring (bicyclic) bond motifs is 1. The number of β-amino-alcohol motifs (C(OH)–C–C–N with tert-alkyl or cyclic N) is 1. The maximum absolute atomic E-state index is 14.2. The van der Waals surface area contributed by atoms with E-state index in [1.165, 1.54) is 17.8 Å². The Morgan fingerprint density at radius 1 is 1.06 bits per heavy atom. The molecule has 14 heteroatoms. The van der Waals surface area contributed by atoms with Crippen LogP contribution in [0.2, 0.25) is 0 Å². The molecule has 5 N–H and O–H groups in total. The van der Waals surface area contributed by atoms with Crippen LogP contribution in [-0.4, -0.2) is 90.1 Å². The first kappa shape index (κ1) is 39.0. The van der Waals surface area contributed by atoms with Gasteiger partial charge in [-0.05, 0) is 73.2 Å². The van der Waals surface area contributed by atoms with Gasteiger partial charge in [0, 0.05) is 39.6 Å². The van der Waals surface area contributed by atoms with Crippen molar-refractivity contribution in [3.63, 3.8) is 0 Å². The Morgan fingerprint density at radius 3 is 2.46 bits per heavy atom. The summed E-state index contributed by atoms with van der Waals surface area (Å²) in [6.07, 6.45) is 5.95. The first-order valence-electron chi connectivity index (χ1n) is 16.6. The number of anilines is 1. The third kappa shape index (κ3) is 9.82. The van der Waals surface area contributed by atoms with Crippen molar-refractivity contribution >= 4 is 67.7 Å². The zero-order valence-electron chi connectivity index (χ0n) is 29.0. The van der Waals surface area contributed by atoms with Crippen LogP contribution in [0.15, 0.2) is 101 Å². The zero-order valence-corrected chi connectivity index (χ0v) is 31.5. The highest BCUT2D eigenvalue weighted by molar-refractivity contribution is 8.00. The van der Waals surface area contributed by atoms with Crippen LogP contribution < -0.4 is 20.9 Å². The molecule has 0 radical (unpaired) electrons. The van der Waals surface area contributed by atoms with Gasteiger partial charge in [-0.25, -0.2) is 0 Å². The van der Waals surface area contributed by atoms with E-state index in [1.54, 1.807) is 59.1 Å². The van der Waals surface area contributed by atoms with Gasteiger partial charge in [-0.15, -0.1) is 23.5 Å². The number of carbonyl (C=O) groups excluding carboxylic acids is 3. The van der Waals surface area contributed by atoms with Gasteiger partial charge in [-0.2, -0.15) is 8.42 Å². The van der Waals surface area contributed by atoms with E-state index in [1.807, 2.05) is 62.6 Å². The maximum Gasteiger partial charge on any atom is 0.252 e. The molecule has 0 fully saturated rings. The third-order valence-corrected chi connectivity index (χ3v) is 11.3. The lowest BCUT2D eigenvalue weighted by molar-refractivity contribution is -0.128. The monoisotopic (exact) mass is 762 g/mol. The second-order valence-corrected chi connectivity index (χ2v) is 15.9. The number of allylic oxidation sites excluding steroid dienone is 2. The van der Waals surface area contributed by atoms with Crippen molar-refractivity contribution in [3.8, 4) is 0 Å². The Morgan fingerprint density at radius 2 is 1.79 bits per heavy atom. The highest BCUT2D eigenvalue weighted by Gasteiger charge is 2.34. The smallest absolute Gasteiger partial charge is 0.252 e. The summed E-state index contributed by atoms with van der Waals surface area (Å²) in [5.74, 6) is -0.661. The van der Waals surface area contributed by atoms with Gasteiger partial charge in [0.1, 0.15) is 6.04 Å². The number of hydrogen-bond donors (Lipinski definition) is 5. The second-order valence-electron chi connectivity index (χ2n) is 13.1. The van der Waals surface area contributed by atoms with Gasteiger partial charge in [-0.3, -0.25) is 14.4 Å². The van der Waals surface area contributed by atoms with Gasteiger partial charge in [0.2, 0.25) is 16.2 Å². The molecule has 5 rings (SSSR count). The molecule has 0 bridgehead atoms. The summed E-state index contributed by atoms with van der Waals surface area (Å²) in [5.41, 5.74) is 2.53. The molecule has 3 atom stereocenters. The Kier molecular flexibility index (Phi) is 13.2. The number of aliphatic hydroxyl groups is 2. The van der Waals surface area contributed by atoms with Crippen LogP contribution in [0.4, 0.5) is 5.69 Å². The second kappa shape index (κ2) is 17.6. The highest BCUT2D eigenvalue weighted by atomic mass is 32.2. The summed E-state index contributed by atoms with van der Waals surface area (Å²) in [6.45, 7) is 3.55. The molecule has 0 saturated carbocycles. The molecule has 1 aliphatic heterocycles. The summed E-state index contributed by atoms with van der Waals surface area (Å²) >= 11 is 3.10. The molecular formula is C38H42N4O7S3. The summed E-state index contributed by atoms with van der Waals surface area (Å²) in [6, 6.07) is 20.2. The average Bonchev–Trinajstić information content (AvgIpc) is 3.26. The lowest BCUT2D eigenvalue weighted by Crippen LogP contribution is -2.52. The topological polar surface area (TPSA) is 165 Å². The predicted octanol–water partition coefficient (Wildman–Crippen LogP) is 3.45.